The topological polar surface area (TPSA) is 92.6 Å². The van der Waals surface area contributed by atoms with Gasteiger partial charge in [0.05, 0.1) is 18.1 Å². The highest BCUT2D eigenvalue weighted by Gasteiger charge is 2.42. The first-order valence-electron chi connectivity index (χ1n) is 6.36. The summed E-state index contributed by atoms with van der Waals surface area (Å²) in [7, 11) is -1.98. The van der Waals surface area contributed by atoms with Gasteiger partial charge in [-0.05, 0) is 6.42 Å². The molecule has 2 aliphatic rings. The van der Waals surface area contributed by atoms with Crippen molar-refractivity contribution in [3.63, 3.8) is 0 Å². The Morgan fingerprint density at radius 3 is 2.71 bits per heavy atom. The molecule has 1 atom stereocenters. The van der Waals surface area contributed by atoms with Crippen molar-refractivity contribution in [2.45, 2.75) is 17.5 Å². The van der Waals surface area contributed by atoms with Crippen LogP contribution >= 0.6 is 11.8 Å². The van der Waals surface area contributed by atoms with Gasteiger partial charge in [-0.25, -0.2) is 13.4 Å². The van der Waals surface area contributed by atoms with Crippen LogP contribution in [0.5, 0.6) is 0 Å². The number of carbonyl (C=O) groups is 2. The quantitative estimate of drug-likeness (QED) is 0.767. The molecule has 10 heteroatoms. The van der Waals surface area contributed by atoms with E-state index in [1.165, 1.54) is 21.7 Å². The summed E-state index contributed by atoms with van der Waals surface area (Å²) < 4.78 is 27.7. The number of aromatic nitrogens is 2. The van der Waals surface area contributed by atoms with E-state index in [9.17, 15) is 18.0 Å². The third kappa shape index (κ3) is 2.47. The summed E-state index contributed by atoms with van der Waals surface area (Å²) >= 11 is 0.963. The predicted octanol–water partition coefficient (Wildman–Crippen LogP) is -0.122. The molecule has 2 amide bonds. The first-order chi connectivity index (χ1) is 9.89. The molecule has 0 aromatic carbocycles. The average molecular weight is 330 g/mol. The molecule has 2 saturated heterocycles. The third-order valence-electron chi connectivity index (χ3n) is 3.56. The molecule has 2 fully saturated rings. The van der Waals surface area contributed by atoms with Gasteiger partial charge >= 0.3 is 0 Å². The first-order valence-corrected chi connectivity index (χ1v) is 8.79. The molecule has 0 saturated carbocycles. The number of rotatable bonds is 3. The van der Waals surface area contributed by atoms with Crippen LogP contribution < -0.4 is 0 Å². The van der Waals surface area contributed by atoms with Gasteiger partial charge in [-0.3, -0.25) is 14.5 Å². The fourth-order valence-corrected chi connectivity index (χ4v) is 4.75. The second kappa shape index (κ2) is 5.11. The molecule has 0 radical (unpaired) electrons. The second-order valence-corrected chi connectivity index (χ2v) is 7.81. The monoisotopic (exact) mass is 330 g/mol. The fourth-order valence-electron chi connectivity index (χ4n) is 2.51. The first kappa shape index (κ1) is 14.5. The zero-order chi connectivity index (χ0) is 15.2. The predicted molar refractivity (Wildman–Crippen MR) is 75.1 cm³/mol. The van der Waals surface area contributed by atoms with Gasteiger partial charge in [-0.2, -0.15) is 4.31 Å². The van der Waals surface area contributed by atoms with Gasteiger partial charge in [0.25, 0.3) is 15.3 Å². The normalized spacial score (nSPS) is 24.2. The highest BCUT2D eigenvalue weighted by atomic mass is 32.2. The zero-order valence-corrected chi connectivity index (χ0v) is 12.9. The van der Waals surface area contributed by atoms with E-state index in [-0.39, 0.29) is 41.1 Å². The Balaban J connectivity index is 1.78. The molecule has 2 aliphatic heterocycles. The molecule has 114 valence electrons. The molecule has 3 rings (SSSR count). The number of nitrogens with zero attached hydrogens (tertiary/aromatic N) is 4. The molecule has 0 bridgehead atoms. The fraction of sp³-hybridized carbons (Fsp3) is 0.545. The van der Waals surface area contributed by atoms with Gasteiger partial charge in [-0.15, -0.1) is 0 Å². The minimum atomic E-state index is -3.67. The maximum Gasteiger partial charge on any atom is 0.289 e. The summed E-state index contributed by atoms with van der Waals surface area (Å²) in [5, 5.41) is -0.304. The lowest BCUT2D eigenvalue weighted by Gasteiger charge is -2.21. The van der Waals surface area contributed by atoms with Crippen LogP contribution in [0.2, 0.25) is 0 Å². The number of sulfonamides is 1. The largest absolute Gasteiger partial charge is 0.339 e. The SMILES string of the molecule is Cn1cnc(S(=O)(=O)N2CC[C@@H](N3C(=O)CSC3=O)C2)c1. The van der Waals surface area contributed by atoms with Crippen LogP contribution in [-0.4, -0.2) is 63.2 Å². The third-order valence-corrected chi connectivity index (χ3v) is 6.15. The number of hydrogen-bond donors (Lipinski definition) is 0. The number of carbonyl (C=O) groups excluding carboxylic acids is 2. The van der Waals surface area contributed by atoms with Crippen LogP contribution in [0, 0.1) is 0 Å². The lowest BCUT2D eigenvalue weighted by molar-refractivity contribution is -0.126. The Hall–Kier alpha value is -1.39. The van der Waals surface area contributed by atoms with E-state index in [0.29, 0.717) is 6.42 Å². The van der Waals surface area contributed by atoms with Crippen molar-refractivity contribution in [2.75, 3.05) is 18.8 Å². The van der Waals surface area contributed by atoms with E-state index in [1.807, 2.05) is 0 Å². The Morgan fingerprint density at radius 2 is 2.14 bits per heavy atom. The molecule has 0 aliphatic carbocycles. The van der Waals surface area contributed by atoms with E-state index in [2.05, 4.69) is 4.98 Å². The van der Waals surface area contributed by atoms with Crippen LogP contribution in [0.15, 0.2) is 17.6 Å². The highest BCUT2D eigenvalue weighted by Crippen LogP contribution is 2.28. The zero-order valence-electron chi connectivity index (χ0n) is 11.3. The van der Waals surface area contributed by atoms with Crippen LogP contribution in [0.3, 0.4) is 0 Å². The molecule has 1 aromatic rings. The lowest BCUT2D eigenvalue weighted by atomic mass is 10.2. The van der Waals surface area contributed by atoms with E-state index >= 15 is 0 Å². The van der Waals surface area contributed by atoms with Gasteiger partial charge in [0.1, 0.15) is 0 Å². The molecule has 8 nitrogen and oxygen atoms in total. The summed E-state index contributed by atoms with van der Waals surface area (Å²) in [5.74, 6) is -0.102. The van der Waals surface area contributed by atoms with E-state index < -0.39 is 10.0 Å². The molecular weight excluding hydrogens is 316 g/mol. The number of aryl methyl sites for hydroxylation is 1. The van der Waals surface area contributed by atoms with E-state index in [4.69, 9.17) is 0 Å². The van der Waals surface area contributed by atoms with Crippen molar-refractivity contribution in [2.24, 2.45) is 7.05 Å². The van der Waals surface area contributed by atoms with Gasteiger partial charge in [0, 0.05) is 26.3 Å². The number of amides is 2. The summed E-state index contributed by atoms with van der Waals surface area (Å²) in [6.07, 6.45) is 3.32. The molecular formula is C11H14N4O4S2. The number of hydrogen-bond acceptors (Lipinski definition) is 6. The van der Waals surface area contributed by atoms with E-state index in [1.54, 1.807) is 11.6 Å². The van der Waals surface area contributed by atoms with Crippen LogP contribution in [0.25, 0.3) is 0 Å². The lowest BCUT2D eigenvalue weighted by Crippen LogP contribution is -2.41. The maximum atomic E-state index is 12.4. The molecule has 3 heterocycles. The van der Waals surface area contributed by atoms with Crippen molar-refractivity contribution in [3.8, 4) is 0 Å². The molecule has 21 heavy (non-hydrogen) atoms. The second-order valence-electron chi connectivity index (χ2n) is 5.00. The van der Waals surface area contributed by atoms with Crippen LogP contribution in [-0.2, 0) is 21.9 Å². The number of thioether (sulfide) groups is 1. The smallest absolute Gasteiger partial charge is 0.289 e. The van der Waals surface area contributed by atoms with Gasteiger partial charge < -0.3 is 4.57 Å². The Morgan fingerprint density at radius 1 is 1.38 bits per heavy atom. The van der Waals surface area contributed by atoms with Crippen molar-refractivity contribution >= 4 is 32.9 Å². The summed E-state index contributed by atoms with van der Waals surface area (Å²) in [4.78, 5) is 28.4. The van der Waals surface area contributed by atoms with E-state index in [0.717, 1.165) is 11.8 Å². The van der Waals surface area contributed by atoms with Gasteiger partial charge in [0.2, 0.25) is 5.91 Å². The van der Waals surface area contributed by atoms with Crippen LogP contribution in [0.1, 0.15) is 6.42 Å². The Bertz CT molecular complexity index is 683. The van der Waals surface area contributed by atoms with Gasteiger partial charge in [-0.1, -0.05) is 11.8 Å². The van der Waals surface area contributed by atoms with Gasteiger partial charge in [0.15, 0.2) is 5.03 Å². The maximum absolute atomic E-state index is 12.4. The minimum Gasteiger partial charge on any atom is -0.339 e. The standard InChI is InChI=1S/C11H14N4O4S2/c1-13-5-9(12-7-13)21(18,19)14-3-2-8(4-14)15-10(16)6-20-11(15)17/h5,7-8H,2-4,6H2,1H3/t8-/m1/s1. The number of imidazole rings is 1. The van der Waals surface area contributed by atoms with Crippen LogP contribution in [0.4, 0.5) is 4.79 Å². The Kier molecular flexibility index (Phi) is 3.54. The van der Waals surface area contributed by atoms with Crippen molar-refractivity contribution < 1.29 is 18.0 Å². The highest BCUT2D eigenvalue weighted by molar-refractivity contribution is 8.14. The molecule has 0 N–H and O–H groups in total. The molecule has 1 aromatic heterocycles. The van der Waals surface area contributed by atoms with Crippen molar-refractivity contribution in [1.29, 1.82) is 0 Å². The molecule has 0 spiro atoms. The minimum absolute atomic E-state index is 0.0147. The summed E-state index contributed by atoms with van der Waals surface area (Å²) in [5.41, 5.74) is 0. The Labute approximate surface area is 126 Å². The number of imide groups is 1. The average Bonchev–Trinajstić information content (AvgIpc) is 3.11. The van der Waals surface area contributed by atoms with Crippen molar-refractivity contribution in [1.82, 2.24) is 18.8 Å². The molecule has 0 unspecified atom stereocenters. The van der Waals surface area contributed by atoms with Crippen molar-refractivity contribution in [3.05, 3.63) is 12.5 Å². The summed E-state index contributed by atoms with van der Waals surface area (Å²) in [6.45, 7) is 0.419. The summed E-state index contributed by atoms with van der Waals surface area (Å²) in [6, 6.07) is -0.376.